The van der Waals surface area contributed by atoms with Crippen LogP contribution in [0, 0.1) is 5.92 Å². The van der Waals surface area contributed by atoms with Gasteiger partial charge in [0.25, 0.3) is 0 Å². The van der Waals surface area contributed by atoms with Gasteiger partial charge in [0.05, 0.1) is 30.1 Å². The van der Waals surface area contributed by atoms with Gasteiger partial charge in [0, 0.05) is 22.1 Å². The van der Waals surface area contributed by atoms with E-state index >= 15 is 0 Å². The molecule has 0 aliphatic heterocycles. The van der Waals surface area contributed by atoms with E-state index in [0.29, 0.717) is 40.7 Å². The van der Waals surface area contributed by atoms with Gasteiger partial charge in [-0.15, -0.1) is 0 Å². The van der Waals surface area contributed by atoms with Crippen molar-refractivity contribution >= 4 is 36.4 Å². The van der Waals surface area contributed by atoms with Gasteiger partial charge >= 0.3 is 6.18 Å². The molecule has 46 heavy (non-hydrogen) atoms. The molecule has 0 amide bonds. The fourth-order valence-corrected chi connectivity index (χ4v) is 8.26. The molecule has 1 fully saturated rings. The number of fused-ring (bicyclic) bond motifs is 2. The molecule has 244 valence electrons. The fraction of sp³-hybridized carbons (Fsp3) is 0.395. The Morgan fingerprint density at radius 1 is 0.935 bits per heavy atom. The molecule has 3 aromatic carbocycles. The number of alkyl halides is 3. The van der Waals surface area contributed by atoms with E-state index < -0.39 is 27.6 Å². The lowest BCUT2D eigenvalue weighted by Crippen LogP contribution is -2.12. The monoisotopic (exact) mass is 651 g/mol. The highest BCUT2D eigenvalue weighted by Gasteiger charge is 2.33. The smallest absolute Gasteiger partial charge is 0.416 e. The third kappa shape index (κ3) is 7.60. The van der Waals surface area contributed by atoms with Crippen LogP contribution >= 0.6 is 10.5 Å². The Balaban J connectivity index is 1.50. The molecule has 4 nitrogen and oxygen atoms in total. The van der Waals surface area contributed by atoms with Crippen molar-refractivity contribution < 1.29 is 27.4 Å². The Kier molecular flexibility index (Phi) is 11.1. The van der Waals surface area contributed by atoms with E-state index in [1.807, 2.05) is 43.3 Å². The maximum Gasteiger partial charge on any atom is 0.416 e. The minimum atomic E-state index is -4.56. The highest BCUT2D eigenvalue weighted by atomic mass is 32.2. The number of halogens is 3. The summed E-state index contributed by atoms with van der Waals surface area (Å²) in [5, 5.41) is 0.453. The van der Waals surface area contributed by atoms with Gasteiger partial charge in [0.2, 0.25) is 10.3 Å². The molecular formula is C38H42F3O4S+. The number of hydrogen-bond acceptors (Lipinski definition) is 4. The summed E-state index contributed by atoms with van der Waals surface area (Å²) in [6, 6.07) is 16.3. The van der Waals surface area contributed by atoms with Crippen molar-refractivity contribution in [2.24, 2.45) is 5.92 Å². The molecule has 1 aliphatic rings. The van der Waals surface area contributed by atoms with Crippen molar-refractivity contribution in [2.75, 3.05) is 20.3 Å². The van der Waals surface area contributed by atoms with Gasteiger partial charge in [-0.05, 0) is 86.7 Å². The normalized spacial score (nSPS) is 14.9. The van der Waals surface area contributed by atoms with E-state index in [9.17, 15) is 18.0 Å². The second-order valence-corrected chi connectivity index (χ2v) is 13.7. The van der Waals surface area contributed by atoms with Crippen molar-refractivity contribution in [3.63, 3.8) is 0 Å². The fourth-order valence-electron chi connectivity index (χ4n) is 5.78. The Hall–Kier alpha value is -3.78. The van der Waals surface area contributed by atoms with E-state index in [-0.39, 0.29) is 5.39 Å². The molecule has 1 heterocycles. The van der Waals surface area contributed by atoms with Crippen LogP contribution in [0.3, 0.4) is 0 Å². The third-order valence-corrected chi connectivity index (χ3v) is 10.9. The van der Waals surface area contributed by atoms with Crippen LogP contribution < -0.4 is 10.2 Å². The summed E-state index contributed by atoms with van der Waals surface area (Å²) in [6.07, 6.45) is 8.95. The lowest BCUT2D eigenvalue weighted by atomic mass is 9.85. The molecule has 1 saturated carbocycles. The predicted octanol–water partition coefficient (Wildman–Crippen LogP) is 11.2. The van der Waals surface area contributed by atoms with E-state index in [1.165, 1.54) is 44.6 Å². The molecule has 5 rings (SSSR count). The summed E-state index contributed by atoms with van der Waals surface area (Å²) in [6.45, 7) is 5.09. The largest absolute Gasteiger partial charge is 0.495 e. The third-order valence-electron chi connectivity index (χ3n) is 8.53. The van der Waals surface area contributed by atoms with Crippen molar-refractivity contribution in [1.82, 2.24) is 0 Å². The highest BCUT2D eigenvalue weighted by molar-refractivity contribution is 7.49. The Morgan fingerprint density at radius 3 is 2.39 bits per heavy atom. The van der Waals surface area contributed by atoms with Gasteiger partial charge in [-0.25, -0.2) is 0 Å². The summed E-state index contributed by atoms with van der Waals surface area (Å²) in [5.41, 5.74) is -0.456. The molecule has 4 aromatic rings. The molecule has 1 atom stereocenters. The van der Waals surface area contributed by atoms with Crippen LogP contribution in [-0.4, -0.2) is 20.3 Å². The molecular weight excluding hydrogens is 609 g/mol. The molecule has 0 saturated heterocycles. The average Bonchev–Trinajstić information content (AvgIpc) is 3.03. The van der Waals surface area contributed by atoms with Crippen LogP contribution in [0.2, 0.25) is 0 Å². The summed E-state index contributed by atoms with van der Waals surface area (Å²) >= 11 is 0. The van der Waals surface area contributed by atoms with Crippen LogP contribution in [0.1, 0.15) is 76.3 Å². The van der Waals surface area contributed by atoms with Crippen LogP contribution in [0.4, 0.5) is 13.2 Å². The first-order valence-corrected chi connectivity index (χ1v) is 17.4. The van der Waals surface area contributed by atoms with E-state index in [1.54, 1.807) is 19.2 Å². The van der Waals surface area contributed by atoms with Gasteiger partial charge in [-0.3, -0.25) is 4.79 Å². The van der Waals surface area contributed by atoms with Crippen LogP contribution in [0.25, 0.3) is 30.8 Å². The van der Waals surface area contributed by atoms with Gasteiger partial charge < -0.3 is 14.2 Å². The topological polar surface area (TPSA) is 44.8 Å². The number of methoxy groups -OCH3 is 1. The first kappa shape index (κ1) is 33.6. The Morgan fingerprint density at radius 2 is 1.70 bits per heavy atom. The van der Waals surface area contributed by atoms with Crippen molar-refractivity contribution in [3.05, 3.63) is 99.9 Å². The quantitative estimate of drug-likeness (QED) is 0.0589. The number of hydrogen-bond donors (Lipinski definition) is 0. The number of rotatable bonds is 14. The predicted molar refractivity (Wildman–Crippen MR) is 183 cm³/mol. The van der Waals surface area contributed by atoms with E-state index in [0.717, 1.165) is 45.9 Å². The molecule has 0 N–H and O–H groups in total. The van der Waals surface area contributed by atoms with Crippen LogP contribution in [0.15, 0.2) is 83.4 Å². The lowest BCUT2D eigenvalue weighted by molar-refractivity contribution is -0.137. The standard InChI is InChI=1S/C38H42F3O4S/c1-4-6-7-8-11-21-44-29(22-26-13-12-14-26)25-45-32(5-2)27-17-19-33(43-3)36(23-27)46-34-16-10-9-15-30(34)37(42)31-24-28(38(39,40)41)18-20-35(31)46/h5,9-10,15-20,22-24,26H,4,6-8,11-14,21,25H2,1-3H3/q+1/b29-22-,32-5-. The zero-order valence-electron chi connectivity index (χ0n) is 26.8. The van der Waals surface area contributed by atoms with Crippen molar-refractivity contribution in [3.8, 4) is 10.6 Å². The number of benzene rings is 3. The SMILES string of the molecule is C/C=C(\OC/C(=C/C1CCC1)OCCCCCCC)c1ccc(OC)c(-[s+]2c3ccccc3c(=O)c3cc(C(F)(F)F)ccc32)c1. The lowest BCUT2D eigenvalue weighted by Gasteiger charge is -2.23. The van der Waals surface area contributed by atoms with Gasteiger partial charge in [-0.2, -0.15) is 13.2 Å². The van der Waals surface area contributed by atoms with Crippen molar-refractivity contribution in [2.45, 2.75) is 71.4 Å². The van der Waals surface area contributed by atoms with Crippen LogP contribution in [-0.2, 0) is 15.7 Å². The maximum atomic E-state index is 13.7. The summed E-state index contributed by atoms with van der Waals surface area (Å²) < 4.78 is 60.7. The number of ether oxygens (including phenoxy) is 3. The molecule has 0 spiro atoms. The molecule has 1 unspecified atom stereocenters. The zero-order valence-corrected chi connectivity index (χ0v) is 27.6. The number of allylic oxidation sites excluding steroid dienone is 2. The number of unbranched alkanes of at least 4 members (excludes halogenated alkanes) is 4. The van der Waals surface area contributed by atoms with E-state index in [2.05, 4.69) is 13.0 Å². The minimum absolute atomic E-state index is 0.0597. The average molecular weight is 652 g/mol. The second-order valence-electron chi connectivity index (χ2n) is 11.7. The molecule has 1 aromatic heterocycles. The molecule has 0 radical (unpaired) electrons. The zero-order chi connectivity index (χ0) is 32.7. The first-order valence-electron chi connectivity index (χ1n) is 16.2. The maximum absolute atomic E-state index is 13.7. The van der Waals surface area contributed by atoms with E-state index in [4.69, 9.17) is 14.2 Å². The van der Waals surface area contributed by atoms with Gasteiger partial charge in [0.15, 0.2) is 15.1 Å². The Bertz CT molecular complexity index is 1780. The van der Waals surface area contributed by atoms with Crippen LogP contribution in [0.5, 0.6) is 5.75 Å². The molecule has 1 aliphatic carbocycles. The van der Waals surface area contributed by atoms with Gasteiger partial charge in [0.1, 0.15) is 18.1 Å². The first-order chi connectivity index (χ1) is 22.2. The Labute approximate surface area is 271 Å². The van der Waals surface area contributed by atoms with Crippen molar-refractivity contribution in [1.29, 1.82) is 0 Å². The summed E-state index contributed by atoms with van der Waals surface area (Å²) in [7, 11) is 0.662. The summed E-state index contributed by atoms with van der Waals surface area (Å²) in [4.78, 5) is 14.3. The highest BCUT2D eigenvalue weighted by Crippen LogP contribution is 2.49. The molecule has 8 heteroatoms. The summed E-state index contributed by atoms with van der Waals surface area (Å²) in [5.74, 6) is 2.61. The van der Waals surface area contributed by atoms with Gasteiger partial charge in [-0.1, -0.05) is 51.2 Å². The minimum Gasteiger partial charge on any atom is -0.495 e. The second kappa shape index (κ2) is 15.2. The molecule has 0 bridgehead atoms.